The number of anilines is 2. The Morgan fingerprint density at radius 3 is 2.45 bits per heavy atom. The van der Waals surface area contributed by atoms with E-state index in [1.54, 1.807) is 0 Å². The Bertz CT molecular complexity index is 627. The van der Waals surface area contributed by atoms with Gasteiger partial charge in [-0.05, 0) is 26.2 Å². The fraction of sp³-hybridized carbons (Fsp3) is 0.667. The molecule has 1 aliphatic heterocycles. The van der Waals surface area contributed by atoms with Crippen LogP contribution in [0.3, 0.4) is 0 Å². The summed E-state index contributed by atoms with van der Waals surface area (Å²) in [4.78, 5) is 8.95. The van der Waals surface area contributed by atoms with Crippen LogP contribution in [0.15, 0.2) is 0 Å². The molecule has 4 N–H and O–H groups in total. The molecule has 2 aliphatic rings. The van der Waals surface area contributed by atoms with E-state index in [9.17, 15) is 8.42 Å². The summed E-state index contributed by atoms with van der Waals surface area (Å²) in [6.45, 7) is 1.87. The Hall–Kier alpha value is -1.41. The quantitative estimate of drug-likeness (QED) is 0.549. The Balaban J connectivity index is 1.86. The summed E-state index contributed by atoms with van der Waals surface area (Å²) in [5.41, 5.74) is 3.41. The van der Waals surface area contributed by atoms with Gasteiger partial charge in [0, 0.05) is 17.5 Å². The van der Waals surface area contributed by atoms with Gasteiger partial charge in [0.25, 0.3) is 0 Å². The first-order valence-electron chi connectivity index (χ1n) is 6.80. The van der Waals surface area contributed by atoms with Gasteiger partial charge < -0.3 is 10.7 Å². The minimum absolute atomic E-state index is 0.0775. The van der Waals surface area contributed by atoms with Crippen LogP contribution in [0.4, 0.5) is 11.6 Å². The number of nitrogens with two attached hydrogens (primary N) is 1. The van der Waals surface area contributed by atoms with Crippen molar-refractivity contribution >= 4 is 21.5 Å². The van der Waals surface area contributed by atoms with Crippen LogP contribution in [0.1, 0.15) is 36.6 Å². The molecule has 1 unspecified atom stereocenters. The Morgan fingerprint density at radius 2 is 1.90 bits per heavy atom. The van der Waals surface area contributed by atoms with Crippen molar-refractivity contribution in [3.05, 3.63) is 11.4 Å². The second-order valence-electron chi connectivity index (χ2n) is 5.57. The minimum Gasteiger partial charge on any atom is -0.366 e. The maximum atomic E-state index is 11.5. The van der Waals surface area contributed by atoms with Crippen molar-refractivity contribution in [2.75, 3.05) is 22.2 Å². The third-order valence-electron chi connectivity index (χ3n) is 3.82. The van der Waals surface area contributed by atoms with Crippen LogP contribution in [-0.4, -0.2) is 35.9 Å². The van der Waals surface area contributed by atoms with Crippen LogP contribution >= 0.6 is 0 Å². The molecule has 1 saturated carbocycles. The first-order chi connectivity index (χ1) is 9.48. The lowest BCUT2D eigenvalue weighted by Gasteiger charge is -2.16. The Labute approximate surface area is 118 Å². The Kier molecular flexibility index (Phi) is 3.29. The van der Waals surface area contributed by atoms with Crippen molar-refractivity contribution < 1.29 is 8.42 Å². The second-order valence-corrected chi connectivity index (χ2v) is 7.80. The molecule has 1 aliphatic carbocycles. The molecule has 0 aromatic carbocycles. The van der Waals surface area contributed by atoms with Gasteiger partial charge in [-0.25, -0.2) is 24.2 Å². The van der Waals surface area contributed by atoms with Crippen LogP contribution in [-0.2, 0) is 9.84 Å². The number of hydrazine groups is 1. The zero-order valence-corrected chi connectivity index (χ0v) is 12.2. The summed E-state index contributed by atoms with van der Waals surface area (Å²) < 4.78 is 23.0. The van der Waals surface area contributed by atoms with Crippen LogP contribution < -0.4 is 16.6 Å². The summed E-state index contributed by atoms with van der Waals surface area (Å²) in [7, 11) is -2.90. The van der Waals surface area contributed by atoms with Gasteiger partial charge >= 0.3 is 0 Å². The van der Waals surface area contributed by atoms with Crippen LogP contribution in [0.25, 0.3) is 0 Å². The molecule has 0 bridgehead atoms. The van der Waals surface area contributed by atoms with Crippen LogP contribution in [0.2, 0.25) is 0 Å². The number of nitrogens with one attached hydrogen (secondary N) is 2. The lowest BCUT2D eigenvalue weighted by Crippen LogP contribution is -2.23. The van der Waals surface area contributed by atoms with E-state index in [4.69, 9.17) is 5.84 Å². The molecule has 7 nitrogen and oxygen atoms in total. The van der Waals surface area contributed by atoms with Gasteiger partial charge in [0.1, 0.15) is 17.5 Å². The Morgan fingerprint density at radius 1 is 1.20 bits per heavy atom. The molecule has 3 rings (SSSR count). The van der Waals surface area contributed by atoms with E-state index in [-0.39, 0.29) is 17.5 Å². The maximum Gasteiger partial charge on any atom is 0.152 e. The molecule has 0 spiro atoms. The van der Waals surface area contributed by atoms with Crippen molar-refractivity contribution in [2.45, 2.75) is 38.1 Å². The van der Waals surface area contributed by atoms with E-state index >= 15 is 0 Å². The minimum atomic E-state index is -2.90. The van der Waals surface area contributed by atoms with Crippen molar-refractivity contribution in [3.8, 4) is 0 Å². The number of rotatable bonds is 4. The van der Waals surface area contributed by atoms with Crippen molar-refractivity contribution in [1.29, 1.82) is 0 Å². The highest BCUT2D eigenvalue weighted by atomic mass is 32.2. The number of sulfone groups is 1. The normalized spacial score (nSPS) is 24.6. The third-order valence-corrected chi connectivity index (χ3v) is 5.58. The summed E-state index contributed by atoms with van der Waals surface area (Å²) >= 11 is 0. The van der Waals surface area contributed by atoms with Crippen LogP contribution in [0, 0.1) is 6.92 Å². The molecule has 1 aromatic rings. The lowest BCUT2D eigenvalue weighted by atomic mass is 10.2. The monoisotopic (exact) mass is 297 g/mol. The van der Waals surface area contributed by atoms with E-state index < -0.39 is 9.84 Å². The van der Waals surface area contributed by atoms with E-state index in [0.717, 1.165) is 24.2 Å². The molecule has 0 radical (unpaired) electrons. The van der Waals surface area contributed by atoms with Crippen molar-refractivity contribution in [3.63, 3.8) is 0 Å². The lowest BCUT2D eigenvalue weighted by molar-refractivity contribution is 0.602. The van der Waals surface area contributed by atoms with Gasteiger partial charge in [-0.1, -0.05) is 0 Å². The fourth-order valence-electron chi connectivity index (χ4n) is 2.44. The predicted molar refractivity (Wildman–Crippen MR) is 77.2 cm³/mol. The zero-order valence-electron chi connectivity index (χ0n) is 11.4. The molecule has 8 heteroatoms. The average Bonchev–Trinajstić information content (AvgIpc) is 3.18. The van der Waals surface area contributed by atoms with E-state index in [0.29, 0.717) is 24.0 Å². The van der Waals surface area contributed by atoms with Gasteiger partial charge in [-0.15, -0.1) is 0 Å². The van der Waals surface area contributed by atoms with Crippen LogP contribution in [0.5, 0.6) is 0 Å². The molecule has 110 valence electrons. The molecule has 1 aromatic heterocycles. The standard InChI is InChI=1S/C12H19N5O2S/c1-7-10(14-9-4-5-20(18,19)6-9)15-12(8-2-3-8)16-11(7)17-13/h8-9H,2-6,13H2,1H3,(H2,14,15,16,17). The van der Waals surface area contributed by atoms with Gasteiger partial charge in [0.15, 0.2) is 9.84 Å². The molecule has 2 heterocycles. The molecular formula is C12H19N5O2S. The molecule has 1 saturated heterocycles. The number of hydrogen-bond donors (Lipinski definition) is 3. The predicted octanol–water partition coefficient (Wildman–Crippen LogP) is 0.547. The highest BCUT2D eigenvalue weighted by Gasteiger charge is 2.31. The molecule has 2 fully saturated rings. The van der Waals surface area contributed by atoms with E-state index in [1.807, 2.05) is 6.92 Å². The average molecular weight is 297 g/mol. The topological polar surface area (TPSA) is 110 Å². The van der Waals surface area contributed by atoms with Crippen molar-refractivity contribution in [2.24, 2.45) is 5.84 Å². The largest absolute Gasteiger partial charge is 0.366 e. The van der Waals surface area contributed by atoms with Gasteiger partial charge in [-0.2, -0.15) is 0 Å². The molecule has 0 amide bonds. The number of hydrogen-bond acceptors (Lipinski definition) is 7. The summed E-state index contributed by atoms with van der Waals surface area (Å²) in [5, 5.41) is 3.24. The molecule has 1 atom stereocenters. The molecule has 20 heavy (non-hydrogen) atoms. The van der Waals surface area contributed by atoms with Gasteiger partial charge in [0.05, 0.1) is 11.5 Å². The first kappa shape index (κ1) is 13.6. The first-order valence-corrected chi connectivity index (χ1v) is 8.63. The summed E-state index contributed by atoms with van der Waals surface area (Å²) in [6, 6.07) is -0.0775. The fourth-order valence-corrected chi connectivity index (χ4v) is 4.11. The second kappa shape index (κ2) is 4.85. The summed E-state index contributed by atoms with van der Waals surface area (Å²) in [6.07, 6.45) is 2.82. The smallest absolute Gasteiger partial charge is 0.152 e. The molecular weight excluding hydrogens is 278 g/mol. The van der Waals surface area contributed by atoms with Crippen molar-refractivity contribution in [1.82, 2.24) is 9.97 Å². The zero-order chi connectivity index (χ0) is 14.3. The SMILES string of the molecule is Cc1c(NN)nc(C2CC2)nc1NC1CCS(=O)(=O)C1. The summed E-state index contributed by atoms with van der Waals surface area (Å²) in [5.74, 6) is 8.40. The van der Waals surface area contributed by atoms with E-state index in [2.05, 4.69) is 20.7 Å². The number of aromatic nitrogens is 2. The van der Waals surface area contributed by atoms with E-state index in [1.165, 1.54) is 0 Å². The highest BCUT2D eigenvalue weighted by Crippen LogP contribution is 2.39. The number of nitrogens with zero attached hydrogens (tertiary/aromatic N) is 2. The number of nitrogen functional groups attached to an aromatic ring is 1. The third kappa shape index (κ3) is 2.71. The highest BCUT2D eigenvalue weighted by molar-refractivity contribution is 7.91. The van der Waals surface area contributed by atoms with Gasteiger partial charge in [0.2, 0.25) is 0 Å². The van der Waals surface area contributed by atoms with Gasteiger partial charge in [-0.3, -0.25) is 0 Å². The maximum absolute atomic E-state index is 11.5.